The summed E-state index contributed by atoms with van der Waals surface area (Å²) in [7, 11) is 0. The molecule has 0 saturated carbocycles. The van der Waals surface area contributed by atoms with Gasteiger partial charge in [0, 0.05) is 26.2 Å². The molecule has 4 heteroatoms. The Labute approximate surface area is 129 Å². The van der Waals surface area contributed by atoms with Crippen molar-refractivity contribution in [1.82, 2.24) is 0 Å². The molecule has 1 N–H and O–H groups in total. The number of nitrogens with one attached hydrogen (secondary N) is 1. The molecule has 1 nitrogen and oxygen atoms in total. The average molecular weight is 390 g/mol. The van der Waals surface area contributed by atoms with E-state index in [4.69, 9.17) is 11.6 Å². The molecule has 0 atom stereocenters. The van der Waals surface area contributed by atoms with Crippen molar-refractivity contribution in [3.05, 3.63) is 61.5 Å². The van der Waals surface area contributed by atoms with Gasteiger partial charge in [0.15, 0.2) is 0 Å². The second-order valence-corrected chi connectivity index (χ2v) is 6.29. The van der Waals surface area contributed by atoms with Crippen LogP contribution in [0.2, 0.25) is 5.02 Å². The first-order valence-corrected chi connectivity index (χ1v) is 7.46. The van der Waals surface area contributed by atoms with Gasteiger partial charge in [0.05, 0.1) is 0 Å². The van der Waals surface area contributed by atoms with E-state index in [0.717, 1.165) is 25.2 Å². The summed E-state index contributed by atoms with van der Waals surface area (Å²) in [6.45, 7) is 2.78. The Balaban J connectivity index is 2.16. The van der Waals surface area contributed by atoms with Crippen LogP contribution in [-0.2, 0) is 6.54 Å². The molecule has 0 aliphatic heterocycles. The number of benzene rings is 2. The maximum Gasteiger partial charge on any atom is 0.0456 e. The zero-order chi connectivity index (χ0) is 13.1. The first-order valence-electron chi connectivity index (χ1n) is 5.50. The molecule has 0 spiro atoms. The van der Waals surface area contributed by atoms with Crippen molar-refractivity contribution in [1.29, 1.82) is 0 Å². The van der Waals surface area contributed by atoms with Crippen LogP contribution in [0.25, 0.3) is 0 Å². The number of halogens is 3. The Bertz CT molecular complexity index is 518. The number of rotatable bonds is 3. The van der Waals surface area contributed by atoms with Crippen molar-refractivity contribution < 1.29 is 0 Å². The number of hydrogen-bond donors (Lipinski definition) is 1. The normalized spacial score (nSPS) is 10.4. The van der Waals surface area contributed by atoms with E-state index in [1.54, 1.807) is 0 Å². The smallest absolute Gasteiger partial charge is 0.0456 e. The minimum absolute atomic E-state index is 0.704. The summed E-state index contributed by atoms with van der Waals surface area (Å²) in [6.07, 6.45) is 0. The highest BCUT2D eigenvalue weighted by Crippen LogP contribution is 2.24. The standard InChI is InChI=1S/C14H12Br2ClN/c1-9-2-3-12(16)7-14(9)18-8-10-6-11(15)4-5-13(10)17/h2-7,18H,8H2,1H3. The third-order valence-electron chi connectivity index (χ3n) is 2.68. The second-order valence-electron chi connectivity index (χ2n) is 4.05. The predicted molar refractivity (Wildman–Crippen MR) is 85.4 cm³/mol. The lowest BCUT2D eigenvalue weighted by Crippen LogP contribution is -2.01. The Kier molecular flexibility index (Phi) is 4.71. The van der Waals surface area contributed by atoms with Crippen LogP contribution in [0.5, 0.6) is 0 Å². The van der Waals surface area contributed by atoms with Crippen LogP contribution in [-0.4, -0.2) is 0 Å². The van der Waals surface area contributed by atoms with Crippen LogP contribution in [0, 0.1) is 6.92 Å². The van der Waals surface area contributed by atoms with Crippen molar-refractivity contribution in [3.8, 4) is 0 Å². The molecular formula is C14H12Br2ClN. The second kappa shape index (κ2) is 6.09. The first kappa shape index (κ1) is 13.9. The molecule has 0 amide bonds. The molecule has 0 aliphatic carbocycles. The Morgan fingerprint density at radius 2 is 1.72 bits per heavy atom. The van der Waals surface area contributed by atoms with Crippen LogP contribution in [0.1, 0.15) is 11.1 Å². The molecular weight excluding hydrogens is 377 g/mol. The van der Waals surface area contributed by atoms with Gasteiger partial charge in [-0.3, -0.25) is 0 Å². The van der Waals surface area contributed by atoms with Gasteiger partial charge in [0.1, 0.15) is 0 Å². The Hall–Kier alpha value is -0.510. The van der Waals surface area contributed by atoms with E-state index in [1.807, 2.05) is 24.3 Å². The zero-order valence-electron chi connectivity index (χ0n) is 9.81. The molecule has 2 rings (SSSR count). The zero-order valence-corrected chi connectivity index (χ0v) is 13.7. The molecule has 0 aliphatic rings. The van der Waals surface area contributed by atoms with E-state index in [0.29, 0.717) is 6.54 Å². The molecule has 0 saturated heterocycles. The van der Waals surface area contributed by atoms with Gasteiger partial charge >= 0.3 is 0 Å². The van der Waals surface area contributed by atoms with E-state index in [9.17, 15) is 0 Å². The van der Waals surface area contributed by atoms with Gasteiger partial charge in [-0.1, -0.05) is 49.5 Å². The van der Waals surface area contributed by atoms with Crippen molar-refractivity contribution in [2.75, 3.05) is 5.32 Å². The van der Waals surface area contributed by atoms with Gasteiger partial charge in [-0.05, 0) is 48.4 Å². The van der Waals surface area contributed by atoms with Gasteiger partial charge in [0.2, 0.25) is 0 Å². The summed E-state index contributed by atoms with van der Waals surface area (Å²) in [4.78, 5) is 0. The molecule has 2 aromatic rings. The highest BCUT2D eigenvalue weighted by Gasteiger charge is 2.03. The molecule has 94 valence electrons. The van der Waals surface area contributed by atoms with E-state index >= 15 is 0 Å². The van der Waals surface area contributed by atoms with Crippen molar-refractivity contribution >= 4 is 49.1 Å². The highest BCUT2D eigenvalue weighted by atomic mass is 79.9. The van der Waals surface area contributed by atoms with Crippen LogP contribution in [0.4, 0.5) is 5.69 Å². The summed E-state index contributed by atoms with van der Waals surface area (Å²) >= 11 is 13.1. The highest BCUT2D eigenvalue weighted by molar-refractivity contribution is 9.10. The number of aryl methyl sites for hydroxylation is 1. The Morgan fingerprint density at radius 1 is 1.06 bits per heavy atom. The first-order chi connectivity index (χ1) is 8.56. The molecule has 0 unspecified atom stereocenters. The fourth-order valence-electron chi connectivity index (χ4n) is 1.65. The van der Waals surface area contributed by atoms with Crippen LogP contribution < -0.4 is 5.32 Å². The summed E-state index contributed by atoms with van der Waals surface area (Å²) in [5, 5.41) is 4.18. The molecule has 0 aromatic heterocycles. The summed E-state index contributed by atoms with van der Waals surface area (Å²) in [6, 6.07) is 12.1. The van der Waals surface area contributed by atoms with Gasteiger partial charge in [-0.2, -0.15) is 0 Å². The number of anilines is 1. The van der Waals surface area contributed by atoms with Gasteiger partial charge in [-0.25, -0.2) is 0 Å². The lowest BCUT2D eigenvalue weighted by atomic mass is 10.2. The van der Waals surface area contributed by atoms with Crippen molar-refractivity contribution in [2.45, 2.75) is 13.5 Å². The van der Waals surface area contributed by atoms with Crippen LogP contribution in [0.15, 0.2) is 45.3 Å². The third kappa shape index (κ3) is 3.50. The van der Waals surface area contributed by atoms with E-state index < -0.39 is 0 Å². The number of hydrogen-bond acceptors (Lipinski definition) is 1. The minimum atomic E-state index is 0.704. The average Bonchev–Trinajstić information content (AvgIpc) is 2.34. The van der Waals surface area contributed by atoms with E-state index in [1.165, 1.54) is 5.56 Å². The van der Waals surface area contributed by atoms with E-state index in [2.05, 4.69) is 56.2 Å². The summed E-state index contributed by atoms with van der Waals surface area (Å²) in [5.74, 6) is 0. The van der Waals surface area contributed by atoms with Gasteiger partial charge < -0.3 is 5.32 Å². The summed E-state index contributed by atoms with van der Waals surface area (Å²) in [5.41, 5.74) is 3.40. The monoisotopic (exact) mass is 387 g/mol. The summed E-state index contributed by atoms with van der Waals surface area (Å²) < 4.78 is 2.10. The molecule has 0 radical (unpaired) electrons. The SMILES string of the molecule is Cc1ccc(Br)cc1NCc1cc(Br)ccc1Cl. The molecule has 0 fully saturated rings. The van der Waals surface area contributed by atoms with Crippen molar-refractivity contribution in [2.24, 2.45) is 0 Å². The third-order valence-corrected chi connectivity index (χ3v) is 4.03. The molecule has 2 aromatic carbocycles. The largest absolute Gasteiger partial charge is 0.381 e. The molecule has 18 heavy (non-hydrogen) atoms. The quantitative estimate of drug-likeness (QED) is 0.701. The lowest BCUT2D eigenvalue weighted by molar-refractivity contribution is 1.14. The van der Waals surface area contributed by atoms with Crippen LogP contribution >= 0.6 is 43.5 Å². The lowest BCUT2D eigenvalue weighted by Gasteiger charge is -2.11. The van der Waals surface area contributed by atoms with Gasteiger partial charge in [-0.15, -0.1) is 0 Å². The maximum absolute atomic E-state index is 6.16. The maximum atomic E-state index is 6.16. The Morgan fingerprint density at radius 3 is 2.50 bits per heavy atom. The van der Waals surface area contributed by atoms with E-state index in [-0.39, 0.29) is 0 Å². The topological polar surface area (TPSA) is 12.0 Å². The fourth-order valence-corrected chi connectivity index (χ4v) is 2.61. The predicted octanol–water partition coefficient (Wildman–Crippen LogP) is 5.79. The van der Waals surface area contributed by atoms with Crippen LogP contribution in [0.3, 0.4) is 0 Å². The van der Waals surface area contributed by atoms with Crippen molar-refractivity contribution in [3.63, 3.8) is 0 Å². The fraction of sp³-hybridized carbons (Fsp3) is 0.143. The molecule has 0 heterocycles. The van der Waals surface area contributed by atoms with Gasteiger partial charge in [0.25, 0.3) is 0 Å². The minimum Gasteiger partial charge on any atom is -0.381 e. The molecule has 0 bridgehead atoms.